The van der Waals surface area contributed by atoms with E-state index in [-0.39, 0.29) is 5.91 Å². The van der Waals surface area contributed by atoms with Crippen LogP contribution in [0.2, 0.25) is 0 Å². The van der Waals surface area contributed by atoms with Crippen LogP contribution in [0.25, 0.3) is 11.3 Å². The maximum atomic E-state index is 12.5. The van der Waals surface area contributed by atoms with Crippen molar-refractivity contribution in [2.75, 3.05) is 5.32 Å². The molecule has 2 unspecified atom stereocenters. The smallest absolute Gasteiger partial charge is 0.338 e. The molecule has 0 radical (unpaired) electrons. The van der Waals surface area contributed by atoms with Crippen LogP contribution in [0.5, 0.6) is 0 Å². The number of nitrogens with zero attached hydrogens (tertiary/aromatic N) is 1. The Kier molecular flexibility index (Phi) is 6.44. The molecule has 0 saturated carbocycles. The quantitative estimate of drug-likeness (QED) is 0.570. The normalized spacial score (nSPS) is 12.8. The first kappa shape index (κ1) is 20.3. The summed E-state index contributed by atoms with van der Waals surface area (Å²) in [6.45, 7) is 5.76. The van der Waals surface area contributed by atoms with E-state index in [0.717, 1.165) is 23.2 Å². The van der Waals surface area contributed by atoms with Gasteiger partial charge in [0.05, 0.1) is 11.8 Å². The Morgan fingerprint density at radius 1 is 1.10 bits per heavy atom. The lowest BCUT2D eigenvalue weighted by atomic mass is 9.97. The number of amides is 1. The average molecular weight is 392 g/mol. The van der Waals surface area contributed by atoms with E-state index < -0.39 is 12.1 Å². The first-order valence-electron chi connectivity index (χ1n) is 9.59. The molecule has 3 rings (SSSR count). The van der Waals surface area contributed by atoms with Gasteiger partial charge in [-0.1, -0.05) is 44.2 Å². The molecule has 0 bridgehead atoms. The van der Waals surface area contributed by atoms with Gasteiger partial charge in [0.2, 0.25) is 0 Å². The first-order valence-corrected chi connectivity index (χ1v) is 9.59. The maximum absolute atomic E-state index is 12.5. The number of ether oxygens (including phenoxy) is 1. The van der Waals surface area contributed by atoms with Crippen LogP contribution in [-0.4, -0.2) is 23.0 Å². The van der Waals surface area contributed by atoms with Crippen LogP contribution in [0, 0.1) is 0 Å². The fourth-order valence-corrected chi connectivity index (χ4v) is 2.91. The summed E-state index contributed by atoms with van der Waals surface area (Å²) in [6, 6.07) is 14.4. The summed E-state index contributed by atoms with van der Waals surface area (Å²) in [5, 5.41) is 2.87. The average Bonchev–Trinajstić information content (AvgIpc) is 3.28. The van der Waals surface area contributed by atoms with Crippen LogP contribution in [0.4, 0.5) is 5.69 Å². The van der Waals surface area contributed by atoms with Crippen molar-refractivity contribution in [2.24, 2.45) is 0 Å². The van der Waals surface area contributed by atoms with Gasteiger partial charge in [-0.05, 0) is 43.0 Å². The van der Waals surface area contributed by atoms with E-state index in [0.29, 0.717) is 17.2 Å². The van der Waals surface area contributed by atoms with Gasteiger partial charge in [-0.2, -0.15) is 0 Å². The standard InChI is InChI=1S/C23H24N2O4/c1-4-15(2)19-7-5-6-8-20(19)25-22(26)16(3)29-23(27)18-11-9-17(10-12-18)21-13-24-14-28-21/h5-16H,4H2,1-3H3,(H,25,26). The van der Waals surface area contributed by atoms with Gasteiger partial charge < -0.3 is 14.5 Å². The van der Waals surface area contributed by atoms with E-state index >= 15 is 0 Å². The molecule has 6 heteroatoms. The topological polar surface area (TPSA) is 81.4 Å². The van der Waals surface area contributed by atoms with E-state index in [4.69, 9.17) is 9.15 Å². The molecule has 0 spiro atoms. The minimum absolute atomic E-state index is 0.312. The molecule has 0 fully saturated rings. The molecule has 1 N–H and O–H groups in total. The second-order valence-corrected chi connectivity index (χ2v) is 6.88. The molecule has 0 aliphatic heterocycles. The van der Waals surface area contributed by atoms with Gasteiger partial charge in [0.25, 0.3) is 5.91 Å². The van der Waals surface area contributed by atoms with Gasteiger partial charge >= 0.3 is 5.97 Å². The van der Waals surface area contributed by atoms with Crippen molar-refractivity contribution in [3.05, 3.63) is 72.2 Å². The molecule has 1 aromatic heterocycles. The van der Waals surface area contributed by atoms with Crippen molar-refractivity contribution >= 4 is 17.6 Å². The number of aromatic nitrogens is 1. The van der Waals surface area contributed by atoms with E-state index in [1.54, 1.807) is 37.4 Å². The zero-order valence-corrected chi connectivity index (χ0v) is 16.7. The van der Waals surface area contributed by atoms with E-state index in [1.807, 2.05) is 24.3 Å². The van der Waals surface area contributed by atoms with Crippen molar-refractivity contribution in [3.8, 4) is 11.3 Å². The number of rotatable bonds is 7. The fraction of sp³-hybridized carbons (Fsp3) is 0.261. The summed E-state index contributed by atoms with van der Waals surface area (Å²) in [6.07, 6.45) is 2.97. The molecule has 6 nitrogen and oxygen atoms in total. The Balaban J connectivity index is 1.63. The molecule has 0 aliphatic rings. The van der Waals surface area contributed by atoms with Gasteiger partial charge in [-0.3, -0.25) is 4.79 Å². The second kappa shape index (κ2) is 9.19. The Morgan fingerprint density at radius 2 is 1.83 bits per heavy atom. The summed E-state index contributed by atoms with van der Waals surface area (Å²) < 4.78 is 10.6. The first-order chi connectivity index (χ1) is 14.0. The van der Waals surface area contributed by atoms with Crippen LogP contribution in [-0.2, 0) is 9.53 Å². The third-order valence-corrected chi connectivity index (χ3v) is 4.85. The molecule has 150 valence electrons. The lowest BCUT2D eigenvalue weighted by Gasteiger charge is -2.18. The van der Waals surface area contributed by atoms with Crippen LogP contribution in [0.15, 0.2) is 65.5 Å². The molecule has 29 heavy (non-hydrogen) atoms. The highest BCUT2D eigenvalue weighted by Gasteiger charge is 2.20. The highest BCUT2D eigenvalue weighted by molar-refractivity contribution is 5.98. The number of carbonyl (C=O) groups excluding carboxylic acids is 2. The van der Waals surface area contributed by atoms with Gasteiger partial charge in [0.1, 0.15) is 0 Å². The minimum Gasteiger partial charge on any atom is -0.449 e. The monoisotopic (exact) mass is 392 g/mol. The summed E-state index contributed by atoms with van der Waals surface area (Å²) in [5.74, 6) is -0.00997. The number of hydrogen-bond acceptors (Lipinski definition) is 5. The Hall–Kier alpha value is -3.41. The SMILES string of the molecule is CCC(C)c1ccccc1NC(=O)C(C)OC(=O)c1ccc(-c2cnco2)cc1. The van der Waals surface area contributed by atoms with Crippen LogP contribution >= 0.6 is 0 Å². The predicted octanol–water partition coefficient (Wildman–Crippen LogP) is 5.04. The third-order valence-electron chi connectivity index (χ3n) is 4.85. The number of hydrogen-bond donors (Lipinski definition) is 1. The summed E-state index contributed by atoms with van der Waals surface area (Å²) in [7, 11) is 0. The molecule has 2 aromatic carbocycles. The highest BCUT2D eigenvalue weighted by atomic mass is 16.5. The molecule has 0 saturated heterocycles. The number of para-hydroxylation sites is 1. The molecule has 3 aromatic rings. The van der Waals surface area contributed by atoms with Crippen LogP contribution in [0.3, 0.4) is 0 Å². The molecular weight excluding hydrogens is 368 g/mol. The Bertz CT molecular complexity index is 965. The van der Waals surface area contributed by atoms with Crippen molar-refractivity contribution < 1.29 is 18.7 Å². The predicted molar refractivity (Wildman–Crippen MR) is 111 cm³/mol. The van der Waals surface area contributed by atoms with Gasteiger partial charge in [0.15, 0.2) is 18.3 Å². The molecular formula is C23H24N2O4. The number of esters is 1. The zero-order chi connectivity index (χ0) is 20.8. The second-order valence-electron chi connectivity index (χ2n) is 6.88. The van der Waals surface area contributed by atoms with Crippen molar-refractivity contribution in [1.29, 1.82) is 0 Å². The number of benzene rings is 2. The number of nitrogens with one attached hydrogen (secondary N) is 1. The lowest BCUT2D eigenvalue weighted by Crippen LogP contribution is -2.30. The zero-order valence-electron chi connectivity index (χ0n) is 16.7. The number of carbonyl (C=O) groups is 2. The van der Waals surface area contributed by atoms with E-state index in [9.17, 15) is 9.59 Å². The van der Waals surface area contributed by atoms with Gasteiger partial charge in [0, 0.05) is 11.3 Å². The van der Waals surface area contributed by atoms with Crippen LogP contribution in [0.1, 0.15) is 49.0 Å². The van der Waals surface area contributed by atoms with Crippen molar-refractivity contribution in [2.45, 2.75) is 39.2 Å². The summed E-state index contributed by atoms with van der Waals surface area (Å²) in [5.41, 5.74) is 2.95. The van der Waals surface area contributed by atoms with Gasteiger partial charge in [-0.25, -0.2) is 9.78 Å². The number of anilines is 1. The lowest BCUT2D eigenvalue weighted by molar-refractivity contribution is -0.123. The highest BCUT2D eigenvalue weighted by Crippen LogP contribution is 2.26. The summed E-state index contributed by atoms with van der Waals surface area (Å²) in [4.78, 5) is 28.8. The summed E-state index contributed by atoms with van der Waals surface area (Å²) >= 11 is 0. The maximum Gasteiger partial charge on any atom is 0.338 e. The number of oxazole rings is 1. The third kappa shape index (κ3) is 4.90. The molecule has 2 atom stereocenters. The minimum atomic E-state index is -0.929. The molecule has 0 aliphatic carbocycles. The van der Waals surface area contributed by atoms with E-state index in [1.165, 1.54) is 6.39 Å². The largest absolute Gasteiger partial charge is 0.449 e. The van der Waals surface area contributed by atoms with E-state index in [2.05, 4.69) is 24.1 Å². The van der Waals surface area contributed by atoms with Gasteiger partial charge in [-0.15, -0.1) is 0 Å². The van der Waals surface area contributed by atoms with Crippen molar-refractivity contribution in [3.63, 3.8) is 0 Å². The van der Waals surface area contributed by atoms with Crippen molar-refractivity contribution in [1.82, 2.24) is 4.98 Å². The van der Waals surface area contributed by atoms with Crippen LogP contribution < -0.4 is 5.32 Å². The Morgan fingerprint density at radius 3 is 2.48 bits per heavy atom. The molecule has 1 amide bonds. The molecule has 1 heterocycles. The fourth-order valence-electron chi connectivity index (χ4n) is 2.91. The Labute approximate surface area is 169 Å².